The van der Waals surface area contributed by atoms with Crippen LogP contribution in [0.15, 0.2) is 24.3 Å². The van der Waals surface area contributed by atoms with Crippen LogP contribution in [0.3, 0.4) is 0 Å². The summed E-state index contributed by atoms with van der Waals surface area (Å²) < 4.78 is 1.62. The van der Waals surface area contributed by atoms with Crippen LogP contribution in [0.4, 0.5) is 5.69 Å². The minimum absolute atomic E-state index is 0.636. The number of nitrogens with one attached hydrogen (secondary N) is 1. The molecule has 0 spiro atoms. The molecule has 1 aromatic carbocycles. The SMILES string of the molecule is Cc1nnnn1-c1ccc(NC=O)cc1. The number of nitrogens with zero attached hydrogens (tertiary/aromatic N) is 4. The highest BCUT2D eigenvalue weighted by Crippen LogP contribution is 2.12. The lowest BCUT2D eigenvalue weighted by atomic mass is 10.3. The van der Waals surface area contributed by atoms with Crippen molar-refractivity contribution in [3.05, 3.63) is 30.1 Å². The third-order valence-electron chi connectivity index (χ3n) is 1.96. The van der Waals surface area contributed by atoms with Crippen molar-refractivity contribution in [2.45, 2.75) is 6.92 Å². The number of carbonyl (C=O) groups excluding carboxylic acids is 1. The fourth-order valence-electron chi connectivity index (χ4n) is 1.24. The zero-order valence-corrected chi connectivity index (χ0v) is 8.08. The molecular formula is C9H9N5O. The van der Waals surface area contributed by atoms with E-state index in [9.17, 15) is 4.79 Å². The van der Waals surface area contributed by atoms with Crippen LogP contribution in [0.1, 0.15) is 5.82 Å². The van der Waals surface area contributed by atoms with Crippen molar-refractivity contribution in [1.29, 1.82) is 0 Å². The van der Waals surface area contributed by atoms with Gasteiger partial charge in [-0.1, -0.05) is 0 Å². The Labute approximate surface area is 85.9 Å². The van der Waals surface area contributed by atoms with Gasteiger partial charge in [0.1, 0.15) is 0 Å². The molecule has 1 amide bonds. The van der Waals surface area contributed by atoms with Crippen molar-refractivity contribution in [2.24, 2.45) is 0 Å². The zero-order chi connectivity index (χ0) is 10.7. The summed E-state index contributed by atoms with van der Waals surface area (Å²) in [5.74, 6) is 0.714. The quantitative estimate of drug-likeness (QED) is 0.739. The number of hydrogen-bond acceptors (Lipinski definition) is 4. The maximum atomic E-state index is 10.2. The zero-order valence-electron chi connectivity index (χ0n) is 8.08. The molecule has 2 rings (SSSR count). The maximum Gasteiger partial charge on any atom is 0.211 e. The first kappa shape index (κ1) is 9.32. The van der Waals surface area contributed by atoms with Crippen LogP contribution in [0.5, 0.6) is 0 Å². The van der Waals surface area contributed by atoms with Gasteiger partial charge in [0.05, 0.1) is 5.69 Å². The van der Waals surface area contributed by atoms with Crippen LogP contribution in [0.2, 0.25) is 0 Å². The van der Waals surface area contributed by atoms with Crippen LogP contribution < -0.4 is 5.32 Å². The molecule has 2 aromatic rings. The Morgan fingerprint density at radius 1 is 1.33 bits per heavy atom. The Hall–Kier alpha value is -2.24. The summed E-state index contributed by atoms with van der Waals surface area (Å²) in [5, 5.41) is 13.7. The van der Waals surface area contributed by atoms with Crippen LogP contribution in [-0.2, 0) is 4.79 Å². The number of tetrazole rings is 1. The van der Waals surface area contributed by atoms with Gasteiger partial charge in [0, 0.05) is 5.69 Å². The summed E-state index contributed by atoms with van der Waals surface area (Å²) in [4.78, 5) is 10.2. The Balaban J connectivity index is 2.31. The predicted molar refractivity (Wildman–Crippen MR) is 53.6 cm³/mol. The second-order valence-electron chi connectivity index (χ2n) is 2.95. The summed E-state index contributed by atoms with van der Waals surface area (Å²) in [6.45, 7) is 1.82. The lowest BCUT2D eigenvalue weighted by Crippen LogP contribution is -2.00. The molecule has 15 heavy (non-hydrogen) atoms. The van der Waals surface area contributed by atoms with E-state index in [1.54, 1.807) is 16.8 Å². The number of benzene rings is 1. The molecule has 0 saturated carbocycles. The summed E-state index contributed by atoms with van der Waals surface area (Å²) >= 11 is 0. The van der Waals surface area contributed by atoms with E-state index in [-0.39, 0.29) is 0 Å². The molecular weight excluding hydrogens is 194 g/mol. The molecule has 6 nitrogen and oxygen atoms in total. The summed E-state index contributed by atoms with van der Waals surface area (Å²) in [7, 11) is 0. The highest BCUT2D eigenvalue weighted by atomic mass is 16.1. The Morgan fingerprint density at radius 3 is 2.60 bits per heavy atom. The van der Waals surface area contributed by atoms with E-state index in [0.29, 0.717) is 12.2 Å². The van der Waals surface area contributed by atoms with Gasteiger partial charge in [-0.2, -0.15) is 4.68 Å². The van der Waals surface area contributed by atoms with Gasteiger partial charge in [-0.3, -0.25) is 4.79 Å². The molecule has 1 N–H and O–H groups in total. The highest BCUT2D eigenvalue weighted by Gasteiger charge is 2.02. The lowest BCUT2D eigenvalue weighted by Gasteiger charge is -2.02. The van der Waals surface area contributed by atoms with Crippen LogP contribution >= 0.6 is 0 Å². The molecule has 0 aliphatic rings. The molecule has 76 valence electrons. The third kappa shape index (κ3) is 1.83. The van der Waals surface area contributed by atoms with E-state index in [1.165, 1.54) is 0 Å². The molecule has 1 aromatic heterocycles. The number of anilines is 1. The van der Waals surface area contributed by atoms with Gasteiger partial charge in [-0.25, -0.2) is 0 Å². The summed E-state index contributed by atoms with van der Waals surface area (Å²) in [6, 6.07) is 7.22. The number of amides is 1. The second-order valence-corrected chi connectivity index (χ2v) is 2.95. The Kier molecular flexibility index (Phi) is 2.40. The number of hydrogen-bond donors (Lipinski definition) is 1. The summed E-state index contributed by atoms with van der Waals surface area (Å²) in [5.41, 5.74) is 1.59. The molecule has 0 unspecified atom stereocenters. The normalized spacial score (nSPS) is 9.93. The average molecular weight is 203 g/mol. The number of aromatic nitrogens is 4. The Bertz CT molecular complexity index is 462. The summed E-state index contributed by atoms with van der Waals surface area (Å²) in [6.07, 6.45) is 0.636. The van der Waals surface area contributed by atoms with Gasteiger partial charge < -0.3 is 5.32 Å². The van der Waals surface area contributed by atoms with Crippen molar-refractivity contribution in [3.8, 4) is 5.69 Å². The van der Waals surface area contributed by atoms with Gasteiger partial charge in [0.15, 0.2) is 5.82 Å². The number of rotatable bonds is 3. The van der Waals surface area contributed by atoms with Crippen molar-refractivity contribution in [2.75, 3.05) is 5.32 Å². The average Bonchev–Trinajstić information content (AvgIpc) is 2.66. The van der Waals surface area contributed by atoms with E-state index in [2.05, 4.69) is 20.8 Å². The fourth-order valence-corrected chi connectivity index (χ4v) is 1.24. The maximum absolute atomic E-state index is 10.2. The molecule has 0 aliphatic carbocycles. The first-order valence-corrected chi connectivity index (χ1v) is 4.37. The molecule has 0 fully saturated rings. The monoisotopic (exact) mass is 203 g/mol. The third-order valence-corrected chi connectivity index (χ3v) is 1.96. The van der Waals surface area contributed by atoms with Crippen LogP contribution in [0.25, 0.3) is 5.69 Å². The van der Waals surface area contributed by atoms with E-state index < -0.39 is 0 Å². The van der Waals surface area contributed by atoms with E-state index in [4.69, 9.17) is 0 Å². The predicted octanol–water partition coefficient (Wildman–Crippen LogP) is 0.539. The van der Waals surface area contributed by atoms with Gasteiger partial charge >= 0.3 is 0 Å². The molecule has 1 heterocycles. The largest absolute Gasteiger partial charge is 0.329 e. The molecule has 0 radical (unpaired) electrons. The smallest absolute Gasteiger partial charge is 0.211 e. The van der Waals surface area contributed by atoms with E-state index in [1.807, 2.05) is 19.1 Å². The molecule has 0 aliphatic heterocycles. The molecule has 0 bridgehead atoms. The van der Waals surface area contributed by atoms with Crippen molar-refractivity contribution in [3.63, 3.8) is 0 Å². The first-order chi connectivity index (χ1) is 7.31. The van der Waals surface area contributed by atoms with E-state index >= 15 is 0 Å². The van der Waals surface area contributed by atoms with E-state index in [0.717, 1.165) is 11.4 Å². The van der Waals surface area contributed by atoms with Gasteiger partial charge in [0.2, 0.25) is 6.41 Å². The standard InChI is InChI=1S/C9H9N5O/c1-7-11-12-13-14(7)9-4-2-8(3-5-9)10-6-15/h2-6H,1H3,(H,10,15). The first-order valence-electron chi connectivity index (χ1n) is 4.37. The number of aryl methyl sites for hydroxylation is 1. The fraction of sp³-hybridized carbons (Fsp3) is 0.111. The van der Waals surface area contributed by atoms with Crippen LogP contribution in [0, 0.1) is 6.92 Å². The lowest BCUT2D eigenvalue weighted by molar-refractivity contribution is -0.105. The van der Waals surface area contributed by atoms with Crippen molar-refractivity contribution >= 4 is 12.1 Å². The molecule has 6 heteroatoms. The van der Waals surface area contributed by atoms with Gasteiger partial charge in [-0.15, -0.1) is 5.10 Å². The number of carbonyl (C=O) groups is 1. The van der Waals surface area contributed by atoms with Gasteiger partial charge in [-0.05, 0) is 41.6 Å². The van der Waals surface area contributed by atoms with Crippen LogP contribution in [-0.4, -0.2) is 26.6 Å². The minimum Gasteiger partial charge on any atom is -0.329 e. The topological polar surface area (TPSA) is 72.7 Å². The highest BCUT2D eigenvalue weighted by molar-refractivity contribution is 5.71. The van der Waals surface area contributed by atoms with Crippen molar-refractivity contribution < 1.29 is 4.79 Å². The Morgan fingerprint density at radius 2 is 2.07 bits per heavy atom. The van der Waals surface area contributed by atoms with Crippen molar-refractivity contribution in [1.82, 2.24) is 20.2 Å². The van der Waals surface area contributed by atoms with Gasteiger partial charge in [0.25, 0.3) is 0 Å². The molecule has 0 atom stereocenters. The minimum atomic E-state index is 0.636. The second kappa shape index (κ2) is 3.87. The molecule has 0 saturated heterocycles.